The van der Waals surface area contributed by atoms with E-state index in [9.17, 15) is 9.00 Å². The molecule has 5 heteroatoms. The highest BCUT2D eigenvalue weighted by Gasteiger charge is 2.22. The second-order valence-corrected chi connectivity index (χ2v) is 6.73. The summed E-state index contributed by atoms with van der Waals surface area (Å²) in [6, 6.07) is 0.452. The average Bonchev–Trinajstić information content (AvgIpc) is 2.38. The lowest BCUT2D eigenvalue weighted by Gasteiger charge is -2.27. The first-order chi connectivity index (χ1) is 8.56. The molecule has 2 N–H and O–H groups in total. The third kappa shape index (κ3) is 5.06. The van der Waals surface area contributed by atoms with Crippen molar-refractivity contribution < 1.29 is 9.00 Å². The molecular weight excluding hydrogens is 248 g/mol. The zero-order valence-corrected chi connectivity index (χ0v) is 12.5. The Kier molecular flexibility index (Phi) is 6.86. The van der Waals surface area contributed by atoms with Crippen molar-refractivity contribution in [1.82, 2.24) is 10.6 Å². The number of carbonyl (C=O) groups is 1. The number of hydrogen-bond acceptors (Lipinski definition) is 3. The summed E-state index contributed by atoms with van der Waals surface area (Å²) >= 11 is 0. The van der Waals surface area contributed by atoms with Crippen molar-refractivity contribution in [3.8, 4) is 0 Å². The Hall–Kier alpha value is -0.420. The van der Waals surface area contributed by atoms with Crippen LogP contribution < -0.4 is 10.6 Å². The molecule has 1 aliphatic heterocycles. The highest BCUT2D eigenvalue weighted by atomic mass is 32.2. The monoisotopic (exact) mass is 274 g/mol. The van der Waals surface area contributed by atoms with E-state index in [-0.39, 0.29) is 18.0 Å². The third-order valence-electron chi connectivity index (χ3n) is 3.60. The van der Waals surface area contributed by atoms with Crippen molar-refractivity contribution in [2.24, 2.45) is 0 Å². The summed E-state index contributed by atoms with van der Waals surface area (Å²) < 4.78 is 11.3. The van der Waals surface area contributed by atoms with Gasteiger partial charge in [-0.25, -0.2) is 0 Å². The van der Waals surface area contributed by atoms with E-state index in [2.05, 4.69) is 24.5 Å². The maximum Gasteiger partial charge on any atom is 0.237 e. The minimum Gasteiger partial charge on any atom is -0.352 e. The van der Waals surface area contributed by atoms with E-state index in [1.807, 2.05) is 6.92 Å². The molecular formula is C13H26N2O2S. The fourth-order valence-corrected chi connectivity index (χ4v) is 3.51. The van der Waals surface area contributed by atoms with Crippen molar-refractivity contribution >= 4 is 16.7 Å². The van der Waals surface area contributed by atoms with Gasteiger partial charge in [-0.3, -0.25) is 9.00 Å². The normalized spacial score (nSPS) is 26.0. The first-order valence-corrected chi connectivity index (χ1v) is 8.47. The van der Waals surface area contributed by atoms with Crippen LogP contribution in [0.4, 0.5) is 0 Å². The van der Waals surface area contributed by atoms with Gasteiger partial charge in [0.05, 0.1) is 6.04 Å². The zero-order valence-electron chi connectivity index (χ0n) is 11.7. The van der Waals surface area contributed by atoms with Crippen LogP contribution in [0.3, 0.4) is 0 Å². The molecule has 1 heterocycles. The Balaban J connectivity index is 2.33. The van der Waals surface area contributed by atoms with Gasteiger partial charge in [-0.1, -0.05) is 13.8 Å². The summed E-state index contributed by atoms with van der Waals surface area (Å²) in [5.74, 6) is 1.60. The fraction of sp³-hybridized carbons (Fsp3) is 0.923. The van der Waals surface area contributed by atoms with Gasteiger partial charge in [0, 0.05) is 34.4 Å². The average molecular weight is 274 g/mol. The summed E-state index contributed by atoms with van der Waals surface area (Å²) in [5, 5.41) is 6.40. The molecule has 0 aromatic carbocycles. The molecule has 0 radical (unpaired) electrons. The maximum absolute atomic E-state index is 12.0. The summed E-state index contributed by atoms with van der Waals surface area (Å²) in [4.78, 5) is 12.0. The van der Waals surface area contributed by atoms with Crippen LogP contribution in [0.2, 0.25) is 0 Å². The molecule has 0 spiro atoms. The van der Waals surface area contributed by atoms with Gasteiger partial charge in [0.2, 0.25) is 5.91 Å². The summed E-state index contributed by atoms with van der Waals surface area (Å²) in [6.07, 6.45) is 3.76. The van der Waals surface area contributed by atoms with Crippen molar-refractivity contribution in [2.75, 3.05) is 11.5 Å². The fourth-order valence-electron chi connectivity index (χ4n) is 2.21. The second-order valence-electron chi connectivity index (χ2n) is 5.03. The third-order valence-corrected chi connectivity index (χ3v) is 4.98. The molecule has 1 amide bonds. The van der Waals surface area contributed by atoms with E-state index in [0.717, 1.165) is 37.2 Å². The van der Waals surface area contributed by atoms with Crippen LogP contribution in [0, 0.1) is 0 Å². The lowest BCUT2D eigenvalue weighted by Crippen LogP contribution is -2.50. The Bertz CT molecular complexity index is 283. The van der Waals surface area contributed by atoms with Gasteiger partial charge in [-0.05, 0) is 32.6 Å². The van der Waals surface area contributed by atoms with Gasteiger partial charge in [-0.2, -0.15) is 0 Å². The molecule has 0 aromatic rings. The van der Waals surface area contributed by atoms with E-state index >= 15 is 0 Å². The number of rotatable bonds is 6. The lowest BCUT2D eigenvalue weighted by atomic mass is 10.1. The quantitative estimate of drug-likeness (QED) is 0.765. The largest absolute Gasteiger partial charge is 0.352 e. The van der Waals surface area contributed by atoms with Crippen LogP contribution >= 0.6 is 0 Å². The van der Waals surface area contributed by atoms with Crippen LogP contribution in [0.1, 0.15) is 46.5 Å². The molecule has 18 heavy (non-hydrogen) atoms. The minimum atomic E-state index is -0.639. The number of hydrogen-bond donors (Lipinski definition) is 2. The highest BCUT2D eigenvalue weighted by molar-refractivity contribution is 7.85. The van der Waals surface area contributed by atoms with E-state index in [0.29, 0.717) is 6.04 Å². The summed E-state index contributed by atoms with van der Waals surface area (Å²) in [7, 11) is -0.639. The molecule has 106 valence electrons. The standard InChI is InChI=1S/C13H26N2O2S/c1-4-11(5-2)15-13(16)10(3)14-12-6-8-18(17)9-7-12/h10-12,14H,4-9H2,1-3H3,(H,15,16). The maximum atomic E-state index is 12.0. The van der Waals surface area contributed by atoms with Crippen LogP contribution in [0.25, 0.3) is 0 Å². The van der Waals surface area contributed by atoms with E-state index in [1.54, 1.807) is 0 Å². The molecule has 1 rings (SSSR count). The van der Waals surface area contributed by atoms with Gasteiger partial charge < -0.3 is 10.6 Å². The van der Waals surface area contributed by atoms with Gasteiger partial charge in [0.15, 0.2) is 0 Å². The molecule has 1 atom stereocenters. The second kappa shape index (κ2) is 7.89. The Morgan fingerprint density at radius 3 is 2.33 bits per heavy atom. The number of nitrogens with one attached hydrogen (secondary N) is 2. The van der Waals surface area contributed by atoms with Crippen LogP contribution in [0.5, 0.6) is 0 Å². The predicted octanol–water partition coefficient (Wildman–Crippen LogP) is 1.18. The van der Waals surface area contributed by atoms with Crippen molar-refractivity contribution in [3.63, 3.8) is 0 Å². The Morgan fingerprint density at radius 2 is 1.83 bits per heavy atom. The van der Waals surface area contributed by atoms with Crippen molar-refractivity contribution in [2.45, 2.75) is 64.6 Å². The van der Waals surface area contributed by atoms with E-state index in [4.69, 9.17) is 0 Å². The molecule has 0 bridgehead atoms. The highest BCUT2D eigenvalue weighted by Crippen LogP contribution is 2.10. The minimum absolute atomic E-state index is 0.0791. The molecule has 1 aliphatic rings. The Morgan fingerprint density at radius 1 is 1.28 bits per heavy atom. The molecule has 0 aromatic heterocycles. The van der Waals surface area contributed by atoms with Crippen LogP contribution in [0.15, 0.2) is 0 Å². The number of amides is 1. The lowest BCUT2D eigenvalue weighted by molar-refractivity contribution is -0.123. The molecule has 1 fully saturated rings. The Labute approximate surface area is 113 Å². The zero-order chi connectivity index (χ0) is 13.5. The van der Waals surface area contributed by atoms with E-state index < -0.39 is 10.8 Å². The van der Waals surface area contributed by atoms with E-state index in [1.165, 1.54) is 0 Å². The van der Waals surface area contributed by atoms with Crippen LogP contribution in [-0.4, -0.2) is 39.7 Å². The first kappa shape index (κ1) is 15.6. The molecule has 1 unspecified atom stereocenters. The van der Waals surface area contributed by atoms with Gasteiger partial charge in [0.1, 0.15) is 0 Å². The molecule has 1 saturated heterocycles. The smallest absolute Gasteiger partial charge is 0.237 e. The molecule has 0 saturated carbocycles. The summed E-state index contributed by atoms with van der Waals surface area (Å²) in [6.45, 7) is 6.08. The van der Waals surface area contributed by atoms with Crippen molar-refractivity contribution in [3.05, 3.63) is 0 Å². The van der Waals surface area contributed by atoms with Crippen LogP contribution in [-0.2, 0) is 15.6 Å². The number of carbonyl (C=O) groups excluding carboxylic acids is 1. The van der Waals surface area contributed by atoms with Crippen molar-refractivity contribution in [1.29, 1.82) is 0 Å². The topological polar surface area (TPSA) is 58.2 Å². The predicted molar refractivity (Wildman–Crippen MR) is 76.0 cm³/mol. The summed E-state index contributed by atoms with van der Waals surface area (Å²) in [5.41, 5.74) is 0. The van der Waals surface area contributed by atoms with Gasteiger partial charge in [-0.15, -0.1) is 0 Å². The molecule has 0 aliphatic carbocycles. The van der Waals surface area contributed by atoms with Gasteiger partial charge >= 0.3 is 0 Å². The SMILES string of the molecule is CCC(CC)NC(=O)C(C)NC1CCS(=O)CC1. The van der Waals surface area contributed by atoms with Gasteiger partial charge in [0.25, 0.3) is 0 Å². The molecule has 4 nitrogen and oxygen atoms in total. The first-order valence-electron chi connectivity index (χ1n) is 6.98.